The molecule has 0 amide bonds. The summed E-state index contributed by atoms with van der Waals surface area (Å²) >= 11 is 0. The van der Waals surface area contributed by atoms with Crippen molar-refractivity contribution in [2.75, 3.05) is 20.3 Å². The molecule has 0 saturated heterocycles. The Morgan fingerprint density at radius 3 is 2.86 bits per heavy atom. The minimum Gasteiger partial charge on any atom is -0.490 e. The molecule has 0 aliphatic rings. The van der Waals surface area contributed by atoms with Crippen molar-refractivity contribution in [3.8, 4) is 5.75 Å². The molecule has 1 aromatic heterocycles. The van der Waals surface area contributed by atoms with Gasteiger partial charge in [0.25, 0.3) is 0 Å². The number of nitrogens with one attached hydrogen (secondary N) is 2. The summed E-state index contributed by atoms with van der Waals surface area (Å²) in [6, 6.07) is 6.33. The van der Waals surface area contributed by atoms with Gasteiger partial charge in [0.05, 0.1) is 6.61 Å². The number of aliphatic hydroxyl groups is 1. The first-order chi connectivity index (χ1) is 10.1. The molecule has 0 fully saturated rings. The molecule has 1 heterocycles. The van der Waals surface area contributed by atoms with Crippen LogP contribution in [0.4, 0.5) is 0 Å². The number of fused-ring (bicyclic) bond motifs is 1. The minimum absolute atomic E-state index is 0.260. The summed E-state index contributed by atoms with van der Waals surface area (Å²) in [6.07, 6.45) is 1.35. The van der Waals surface area contributed by atoms with Crippen LogP contribution < -0.4 is 10.1 Å². The van der Waals surface area contributed by atoms with Gasteiger partial charge < -0.3 is 24.9 Å². The van der Waals surface area contributed by atoms with Gasteiger partial charge in [-0.1, -0.05) is 13.8 Å². The highest BCUT2D eigenvalue weighted by atomic mass is 16.5. The van der Waals surface area contributed by atoms with Crippen molar-refractivity contribution in [2.45, 2.75) is 32.6 Å². The Morgan fingerprint density at radius 1 is 1.33 bits per heavy atom. The van der Waals surface area contributed by atoms with E-state index < -0.39 is 6.10 Å². The molecule has 1 aromatic carbocycles. The number of hydrogen-bond acceptors (Lipinski definition) is 4. The van der Waals surface area contributed by atoms with E-state index in [9.17, 15) is 5.11 Å². The molecule has 0 radical (unpaired) electrons. The van der Waals surface area contributed by atoms with Gasteiger partial charge >= 0.3 is 0 Å². The average Bonchev–Trinajstić information content (AvgIpc) is 2.91. The summed E-state index contributed by atoms with van der Waals surface area (Å²) < 4.78 is 11.0. The van der Waals surface area contributed by atoms with Crippen LogP contribution in [-0.4, -0.2) is 42.5 Å². The highest BCUT2D eigenvalue weighted by molar-refractivity contribution is 5.86. The molecule has 0 aliphatic carbocycles. The van der Waals surface area contributed by atoms with E-state index in [1.807, 2.05) is 38.2 Å². The number of benzene rings is 1. The second-order valence-electron chi connectivity index (χ2n) is 5.49. The Hall–Kier alpha value is -1.56. The normalized spacial score (nSPS) is 13.0. The smallest absolute Gasteiger partial charge is 0.129 e. The Bertz CT molecular complexity index is 566. The van der Waals surface area contributed by atoms with E-state index in [4.69, 9.17) is 9.47 Å². The fourth-order valence-electron chi connectivity index (χ4n) is 2.18. The third-order valence-electron chi connectivity index (χ3n) is 3.19. The first kappa shape index (κ1) is 15.8. The number of aromatic nitrogens is 1. The van der Waals surface area contributed by atoms with Crippen molar-refractivity contribution < 1.29 is 14.6 Å². The van der Waals surface area contributed by atoms with Crippen molar-refractivity contribution >= 4 is 10.9 Å². The van der Waals surface area contributed by atoms with E-state index in [0.717, 1.165) is 22.2 Å². The van der Waals surface area contributed by atoms with Crippen LogP contribution in [0.3, 0.4) is 0 Å². The maximum absolute atomic E-state index is 9.93. The highest BCUT2D eigenvalue weighted by Gasteiger charge is 2.10. The monoisotopic (exact) mass is 292 g/mol. The second kappa shape index (κ2) is 7.45. The van der Waals surface area contributed by atoms with Crippen molar-refractivity contribution in [3.05, 3.63) is 30.0 Å². The van der Waals surface area contributed by atoms with Gasteiger partial charge in [-0.05, 0) is 23.8 Å². The molecule has 1 atom stereocenters. The molecule has 1 unspecified atom stereocenters. The minimum atomic E-state index is -0.535. The Balaban J connectivity index is 2.04. The van der Waals surface area contributed by atoms with Gasteiger partial charge in [-0.15, -0.1) is 0 Å². The maximum Gasteiger partial charge on any atom is 0.129 e. The van der Waals surface area contributed by atoms with Crippen molar-refractivity contribution in [3.63, 3.8) is 0 Å². The topological polar surface area (TPSA) is 66.5 Å². The summed E-state index contributed by atoms with van der Waals surface area (Å²) in [5.41, 5.74) is 2.05. The van der Waals surface area contributed by atoms with Gasteiger partial charge in [0, 0.05) is 36.8 Å². The van der Waals surface area contributed by atoms with Crippen LogP contribution in [0.1, 0.15) is 19.4 Å². The number of rotatable bonds is 8. The highest BCUT2D eigenvalue weighted by Crippen LogP contribution is 2.27. The molecule has 2 aromatic rings. The van der Waals surface area contributed by atoms with Crippen LogP contribution in [0, 0.1) is 0 Å². The van der Waals surface area contributed by atoms with E-state index in [0.29, 0.717) is 19.2 Å². The number of aromatic amines is 1. The zero-order valence-electron chi connectivity index (χ0n) is 12.8. The Morgan fingerprint density at radius 2 is 2.14 bits per heavy atom. The van der Waals surface area contributed by atoms with Crippen LogP contribution in [0.5, 0.6) is 5.75 Å². The summed E-state index contributed by atoms with van der Waals surface area (Å²) in [7, 11) is 1.67. The average molecular weight is 292 g/mol. The van der Waals surface area contributed by atoms with Crippen molar-refractivity contribution in [1.82, 2.24) is 10.3 Å². The third-order valence-corrected chi connectivity index (χ3v) is 3.19. The molecule has 3 N–H and O–H groups in total. The molecule has 0 saturated carbocycles. The zero-order valence-corrected chi connectivity index (χ0v) is 12.8. The molecular weight excluding hydrogens is 268 g/mol. The standard InChI is InChI=1S/C16H24N2O3/c1-11(2)18-8-13(19)10-21-16-7-12(9-20-3)6-15-14(16)4-5-17-15/h4-7,11,13,17-19H,8-10H2,1-3H3. The molecular formula is C16H24N2O3. The van der Waals surface area contributed by atoms with Crippen molar-refractivity contribution in [2.24, 2.45) is 0 Å². The van der Waals surface area contributed by atoms with Gasteiger partial charge in [-0.25, -0.2) is 0 Å². The number of methoxy groups -OCH3 is 1. The maximum atomic E-state index is 9.93. The van der Waals surface area contributed by atoms with Gasteiger partial charge in [0.1, 0.15) is 18.5 Å². The molecule has 21 heavy (non-hydrogen) atoms. The van der Waals surface area contributed by atoms with E-state index in [1.165, 1.54) is 0 Å². The van der Waals surface area contributed by atoms with E-state index >= 15 is 0 Å². The lowest BCUT2D eigenvalue weighted by Crippen LogP contribution is -2.35. The number of ether oxygens (including phenoxy) is 2. The van der Waals surface area contributed by atoms with Gasteiger partial charge in [0.15, 0.2) is 0 Å². The molecule has 5 heteroatoms. The number of H-pyrrole nitrogens is 1. The van der Waals surface area contributed by atoms with Crippen LogP contribution >= 0.6 is 0 Å². The van der Waals surface area contributed by atoms with Crippen molar-refractivity contribution in [1.29, 1.82) is 0 Å². The Kier molecular flexibility index (Phi) is 5.61. The summed E-state index contributed by atoms with van der Waals surface area (Å²) in [5, 5.41) is 14.1. The largest absolute Gasteiger partial charge is 0.490 e. The lowest BCUT2D eigenvalue weighted by atomic mass is 10.1. The lowest BCUT2D eigenvalue weighted by molar-refractivity contribution is 0.105. The predicted molar refractivity (Wildman–Crippen MR) is 83.7 cm³/mol. The first-order valence-electron chi connectivity index (χ1n) is 7.23. The molecule has 0 aliphatic heterocycles. The van der Waals surface area contributed by atoms with Crippen LogP contribution in [-0.2, 0) is 11.3 Å². The van der Waals surface area contributed by atoms with E-state index in [1.54, 1.807) is 7.11 Å². The SMILES string of the molecule is COCc1cc(OCC(O)CNC(C)C)c2cc[nH]c2c1. The van der Waals surface area contributed by atoms with Gasteiger partial charge in [0.2, 0.25) is 0 Å². The summed E-state index contributed by atoms with van der Waals surface area (Å²) in [4.78, 5) is 3.18. The first-order valence-corrected chi connectivity index (χ1v) is 7.23. The molecule has 5 nitrogen and oxygen atoms in total. The van der Waals surface area contributed by atoms with Gasteiger partial charge in [-0.3, -0.25) is 0 Å². The molecule has 0 bridgehead atoms. The fraction of sp³-hybridized carbons (Fsp3) is 0.500. The molecule has 0 spiro atoms. The predicted octanol–water partition coefficient (Wildman–Crippen LogP) is 2.05. The second-order valence-corrected chi connectivity index (χ2v) is 5.49. The fourth-order valence-corrected chi connectivity index (χ4v) is 2.18. The lowest BCUT2D eigenvalue weighted by Gasteiger charge is -2.16. The number of aliphatic hydroxyl groups excluding tert-OH is 1. The van der Waals surface area contributed by atoms with Gasteiger partial charge in [-0.2, -0.15) is 0 Å². The van der Waals surface area contributed by atoms with Crippen LogP contribution in [0.25, 0.3) is 10.9 Å². The quantitative estimate of drug-likeness (QED) is 0.696. The number of hydrogen-bond donors (Lipinski definition) is 3. The van der Waals surface area contributed by atoms with Crippen LogP contribution in [0.15, 0.2) is 24.4 Å². The van der Waals surface area contributed by atoms with E-state index in [-0.39, 0.29) is 6.61 Å². The van der Waals surface area contributed by atoms with Crippen LogP contribution in [0.2, 0.25) is 0 Å². The summed E-state index contributed by atoms with van der Waals surface area (Å²) in [5.74, 6) is 0.768. The zero-order chi connectivity index (χ0) is 15.2. The Labute approximate surface area is 125 Å². The molecule has 2 rings (SSSR count). The third kappa shape index (κ3) is 4.46. The molecule has 116 valence electrons. The summed E-state index contributed by atoms with van der Waals surface area (Å²) in [6.45, 7) is 5.40. The van der Waals surface area contributed by atoms with E-state index in [2.05, 4.69) is 10.3 Å².